The maximum absolute atomic E-state index is 13.9. The predicted octanol–water partition coefficient (Wildman–Crippen LogP) is 2.72. The van der Waals surface area contributed by atoms with Crippen LogP contribution in [0, 0.1) is 11.6 Å². The molecule has 0 amide bonds. The molecule has 11 heteroatoms. The third kappa shape index (κ3) is 3.08. The fraction of sp³-hybridized carbons (Fsp3) is 0.200. The highest BCUT2D eigenvalue weighted by Crippen LogP contribution is 2.50. The van der Waals surface area contributed by atoms with E-state index in [9.17, 15) is 31.1 Å². The maximum Gasteiger partial charge on any atom is 0.353 e. The molecular formula is C15H12F4N2O4S. The number of aliphatic hydroxyl groups is 1. The van der Waals surface area contributed by atoms with Crippen LogP contribution in [0.25, 0.3) is 0 Å². The van der Waals surface area contributed by atoms with Crippen molar-refractivity contribution in [1.82, 2.24) is 4.72 Å². The average molecular weight is 392 g/mol. The molecule has 2 aromatic carbocycles. The number of benzene rings is 2. The summed E-state index contributed by atoms with van der Waals surface area (Å²) in [7, 11) is -3.09. The lowest BCUT2D eigenvalue weighted by Crippen LogP contribution is -2.29. The van der Waals surface area contributed by atoms with Crippen LogP contribution in [0.4, 0.5) is 23.2 Å². The van der Waals surface area contributed by atoms with Crippen molar-refractivity contribution >= 4 is 15.7 Å². The normalized spacial score (nSPS) is 18.3. The zero-order valence-corrected chi connectivity index (χ0v) is 13.9. The van der Waals surface area contributed by atoms with Gasteiger partial charge in [0.1, 0.15) is 17.4 Å². The van der Waals surface area contributed by atoms with Gasteiger partial charge in [0.05, 0.1) is 10.6 Å². The van der Waals surface area contributed by atoms with E-state index in [4.69, 9.17) is 4.74 Å². The first-order chi connectivity index (χ1) is 12.0. The second-order valence-electron chi connectivity index (χ2n) is 5.42. The van der Waals surface area contributed by atoms with Crippen molar-refractivity contribution in [1.29, 1.82) is 0 Å². The van der Waals surface area contributed by atoms with Crippen molar-refractivity contribution in [2.75, 3.05) is 12.4 Å². The minimum Gasteiger partial charge on any atom is -0.455 e. The summed E-state index contributed by atoms with van der Waals surface area (Å²) in [6.07, 6.45) is -2.47. The summed E-state index contributed by atoms with van der Waals surface area (Å²) < 4.78 is 85.6. The summed E-state index contributed by atoms with van der Waals surface area (Å²) >= 11 is 0. The molecule has 0 bridgehead atoms. The molecule has 140 valence electrons. The second kappa shape index (κ2) is 6.11. The molecule has 3 rings (SSSR count). The molecular weight excluding hydrogens is 380 g/mol. The number of nitrogens with one attached hydrogen (secondary N) is 2. The van der Waals surface area contributed by atoms with Crippen LogP contribution >= 0.6 is 0 Å². The molecule has 0 fully saturated rings. The summed E-state index contributed by atoms with van der Waals surface area (Å²) in [5.74, 6) is -2.58. The van der Waals surface area contributed by atoms with E-state index in [-0.39, 0.29) is 11.5 Å². The first-order valence-corrected chi connectivity index (χ1v) is 8.62. The Labute approximate surface area is 145 Å². The summed E-state index contributed by atoms with van der Waals surface area (Å²) in [5.41, 5.74) is -1.11. The highest BCUT2D eigenvalue weighted by atomic mass is 32.2. The number of ether oxygens (including phenoxy) is 1. The van der Waals surface area contributed by atoms with Gasteiger partial charge in [-0.25, -0.2) is 21.9 Å². The van der Waals surface area contributed by atoms with Gasteiger partial charge in [-0.15, -0.1) is 0 Å². The lowest BCUT2D eigenvalue weighted by Gasteiger charge is -2.14. The van der Waals surface area contributed by atoms with Gasteiger partial charge in [0.15, 0.2) is 11.9 Å². The van der Waals surface area contributed by atoms with Crippen LogP contribution in [0.5, 0.6) is 11.5 Å². The van der Waals surface area contributed by atoms with Crippen LogP contribution in [-0.4, -0.2) is 26.6 Å². The van der Waals surface area contributed by atoms with Crippen molar-refractivity contribution in [2.24, 2.45) is 0 Å². The van der Waals surface area contributed by atoms with E-state index in [1.807, 2.05) is 4.72 Å². The summed E-state index contributed by atoms with van der Waals surface area (Å²) in [5, 5.41) is 11.5. The third-order valence-electron chi connectivity index (χ3n) is 3.70. The van der Waals surface area contributed by atoms with E-state index in [1.54, 1.807) is 5.32 Å². The standard InChI is InChI=1S/C15H12F4N2O4S/c1-20-26(23,24)11-3-2-10(13-12(11)14(22)15(18,19)21-13)25-9-5-7(16)4-8(17)6-9/h2-6,14,20-22H,1H3/t14-/m0/s1. The maximum atomic E-state index is 13.9. The van der Waals surface area contributed by atoms with Gasteiger partial charge < -0.3 is 15.2 Å². The predicted molar refractivity (Wildman–Crippen MR) is 82.6 cm³/mol. The quantitative estimate of drug-likeness (QED) is 0.550. The van der Waals surface area contributed by atoms with Crippen LogP contribution in [0.3, 0.4) is 0 Å². The molecule has 0 saturated heterocycles. The fourth-order valence-electron chi connectivity index (χ4n) is 2.54. The number of aliphatic hydroxyl groups excluding tert-OH is 1. The number of anilines is 1. The Morgan fingerprint density at radius 3 is 2.38 bits per heavy atom. The topological polar surface area (TPSA) is 87.7 Å². The lowest BCUT2D eigenvalue weighted by atomic mass is 10.1. The smallest absolute Gasteiger partial charge is 0.353 e. The number of rotatable bonds is 4. The van der Waals surface area contributed by atoms with Crippen molar-refractivity contribution < 1.29 is 35.8 Å². The Kier molecular flexibility index (Phi) is 4.33. The summed E-state index contributed by atoms with van der Waals surface area (Å²) in [6, 6.07) is 0.340. The van der Waals surface area contributed by atoms with Gasteiger partial charge in [0.25, 0.3) is 0 Å². The van der Waals surface area contributed by atoms with E-state index < -0.39 is 50.0 Å². The number of halogens is 4. The molecule has 0 saturated carbocycles. The molecule has 3 N–H and O–H groups in total. The van der Waals surface area contributed by atoms with Gasteiger partial charge in [-0.05, 0) is 19.2 Å². The Morgan fingerprint density at radius 1 is 1.19 bits per heavy atom. The molecule has 2 aromatic rings. The van der Waals surface area contributed by atoms with Crippen LogP contribution in [0.1, 0.15) is 11.7 Å². The number of hydrogen-bond donors (Lipinski definition) is 3. The zero-order chi connectivity index (χ0) is 19.3. The minimum atomic E-state index is -4.17. The van der Waals surface area contributed by atoms with Crippen molar-refractivity contribution in [3.8, 4) is 11.5 Å². The first-order valence-electron chi connectivity index (χ1n) is 7.13. The molecule has 0 aromatic heterocycles. The Balaban J connectivity index is 2.15. The molecule has 1 aliphatic heterocycles. The van der Waals surface area contributed by atoms with Crippen LogP contribution in [0.2, 0.25) is 0 Å². The Bertz CT molecular complexity index is 962. The van der Waals surface area contributed by atoms with E-state index in [1.165, 1.54) is 0 Å². The SMILES string of the molecule is CNS(=O)(=O)c1ccc(Oc2cc(F)cc(F)c2)c2c1[C@H](O)C(F)(F)N2. The monoisotopic (exact) mass is 392 g/mol. The van der Waals surface area contributed by atoms with Crippen molar-refractivity contribution in [2.45, 2.75) is 17.0 Å². The molecule has 1 heterocycles. The number of sulfonamides is 1. The minimum absolute atomic E-state index is 0.333. The molecule has 0 aliphatic carbocycles. The van der Waals surface area contributed by atoms with Crippen molar-refractivity contribution in [3.63, 3.8) is 0 Å². The zero-order valence-electron chi connectivity index (χ0n) is 13.1. The van der Waals surface area contributed by atoms with Gasteiger partial charge in [-0.2, -0.15) is 8.78 Å². The number of alkyl halides is 2. The summed E-state index contributed by atoms with van der Waals surface area (Å²) in [6.45, 7) is 0. The van der Waals surface area contributed by atoms with E-state index in [2.05, 4.69) is 0 Å². The van der Waals surface area contributed by atoms with E-state index in [0.717, 1.165) is 31.3 Å². The second-order valence-corrected chi connectivity index (χ2v) is 7.27. The molecule has 0 radical (unpaired) electrons. The van der Waals surface area contributed by atoms with E-state index in [0.29, 0.717) is 6.07 Å². The third-order valence-corrected chi connectivity index (χ3v) is 5.17. The molecule has 1 aliphatic rings. The van der Waals surface area contributed by atoms with Crippen LogP contribution in [-0.2, 0) is 10.0 Å². The highest BCUT2D eigenvalue weighted by molar-refractivity contribution is 7.89. The largest absolute Gasteiger partial charge is 0.455 e. The lowest BCUT2D eigenvalue weighted by molar-refractivity contribution is -0.0790. The summed E-state index contributed by atoms with van der Waals surface area (Å²) in [4.78, 5) is -0.579. The number of hydrogen-bond acceptors (Lipinski definition) is 5. The van der Waals surface area contributed by atoms with Gasteiger partial charge in [-0.3, -0.25) is 0 Å². The van der Waals surface area contributed by atoms with Crippen molar-refractivity contribution in [3.05, 3.63) is 47.5 Å². The average Bonchev–Trinajstić information content (AvgIpc) is 2.77. The van der Waals surface area contributed by atoms with Gasteiger partial charge in [0, 0.05) is 23.8 Å². The van der Waals surface area contributed by atoms with Gasteiger partial charge >= 0.3 is 6.05 Å². The Morgan fingerprint density at radius 2 is 1.81 bits per heavy atom. The molecule has 26 heavy (non-hydrogen) atoms. The Hall–Kier alpha value is -2.37. The van der Waals surface area contributed by atoms with Gasteiger partial charge in [0.2, 0.25) is 10.0 Å². The van der Waals surface area contributed by atoms with Crippen LogP contribution < -0.4 is 14.8 Å². The molecule has 0 spiro atoms. The number of fused-ring (bicyclic) bond motifs is 1. The van der Waals surface area contributed by atoms with Crippen LogP contribution in [0.15, 0.2) is 35.2 Å². The molecule has 1 atom stereocenters. The highest BCUT2D eigenvalue weighted by Gasteiger charge is 2.50. The van der Waals surface area contributed by atoms with E-state index >= 15 is 0 Å². The molecule has 0 unspecified atom stereocenters. The fourth-order valence-corrected chi connectivity index (χ4v) is 3.51. The van der Waals surface area contributed by atoms with Gasteiger partial charge in [-0.1, -0.05) is 0 Å². The molecule has 6 nitrogen and oxygen atoms in total. The first kappa shape index (κ1) is 18.4.